The van der Waals surface area contributed by atoms with Crippen molar-refractivity contribution in [2.75, 3.05) is 0 Å². The maximum Gasteiger partial charge on any atom is -0.00881 e. The van der Waals surface area contributed by atoms with Crippen molar-refractivity contribution in [3.8, 4) is 0 Å². The van der Waals surface area contributed by atoms with Crippen LogP contribution in [0.3, 0.4) is 0 Å². The minimum atomic E-state index is 1.16. The monoisotopic (exact) mass is 366 g/mol. The largest absolute Gasteiger partial charge is 0.0795 e. The second-order valence-corrected chi connectivity index (χ2v) is 9.08. The molecule has 0 N–H and O–H groups in total. The predicted molar refractivity (Wildman–Crippen MR) is 120 cm³/mol. The third-order valence-electron chi connectivity index (χ3n) is 6.74. The van der Waals surface area contributed by atoms with Crippen LogP contribution in [0, 0.1) is 0 Å². The Kier molecular flexibility index (Phi) is 9.52. The molecule has 0 spiro atoms. The van der Waals surface area contributed by atoms with Crippen molar-refractivity contribution >= 4 is 6.08 Å². The first-order valence-electron chi connectivity index (χ1n) is 12.2. The fraction of sp³-hybridized carbons (Fsp3) is 0.704. The summed E-state index contributed by atoms with van der Waals surface area (Å²) in [7, 11) is 0. The number of hydrogen-bond acceptors (Lipinski definition) is 0. The van der Waals surface area contributed by atoms with E-state index in [1.165, 1.54) is 121 Å². The van der Waals surface area contributed by atoms with Gasteiger partial charge in [-0.1, -0.05) is 114 Å². The molecule has 27 heavy (non-hydrogen) atoms. The van der Waals surface area contributed by atoms with Crippen molar-refractivity contribution < 1.29 is 0 Å². The summed E-state index contributed by atoms with van der Waals surface area (Å²) in [6.07, 6.45) is 31.7. The summed E-state index contributed by atoms with van der Waals surface area (Å²) in [5.41, 5.74) is 6.41. The second kappa shape index (κ2) is 12.4. The highest BCUT2D eigenvalue weighted by Crippen LogP contribution is 2.27. The molecular formula is C27H42. The Hall–Kier alpha value is -1.04. The molecule has 0 saturated carbocycles. The fourth-order valence-corrected chi connectivity index (χ4v) is 4.98. The van der Waals surface area contributed by atoms with Gasteiger partial charge in [0.1, 0.15) is 0 Å². The minimum Gasteiger partial charge on any atom is -0.0795 e. The van der Waals surface area contributed by atoms with Crippen LogP contribution in [-0.2, 0) is 19.3 Å². The van der Waals surface area contributed by atoms with Gasteiger partial charge in [0.15, 0.2) is 0 Å². The quantitative estimate of drug-likeness (QED) is 0.431. The summed E-state index contributed by atoms with van der Waals surface area (Å²) in [5, 5.41) is 0. The maximum atomic E-state index is 2.55. The first kappa shape index (κ1) is 20.7. The van der Waals surface area contributed by atoms with Crippen molar-refractivity contribution in [1.29, 1.82) is 0 Å². The standard InChI is InChI=1S/C27H42/c1-2-4-6-8-10-12-14-16-19-25-23-27-21-17-20-26(27)22-24(25)18-15-13-11-9-7-5-3-1/h17,20,22-23H,1-16,18-19,21H2. The summed E-state index contributed by atoms with van der Waals surface area (Å²) in [5.74, 6) is 0. The van der Waals surface area contributed by atoms with Crippen LogP contribution < -0.4 is 0 Å². The first-order valence-corrected chi connectivity index (χ1v) is 12.2. The highest BCUT2D eigenvalue weighted by molar-refractivity contribution is 5.62. The maximum absolute atomic E-state index is 2.55. The summed E-state index contributed by atoms with van der Waals surface area (Å²) < 4.78 is 0. The van der Waals surface area contributed by atoms with Gasteiger partial charge in [0, 0.05) is 0 Å². The molecule has 0 aromatic heterocycles. The molecule has 0 unspecified atom stereocenters. The molecule has 3 rings (SSSR count). The van der Waals surface area contributed by atoms with Crippen LogP contribution in [0.1, 0.15) is 125 Å². The zero-order chi connectivity index (χ0) is 18.6. The van der Waals surface area contributed by atoms with E-state index in [-0.39, 0.29) is 0 Å². The van der Waals surface area contributed by atoms with Crippen molar-refractivity contribution in [2.45, 2.75) is 122 Å². The molecule has 0 heteroatoms. The van der Waals surface area contributed by atoms with Crippen molar-refractivity contribution in [1.82, 2.24) is 0 Å². The van der Waals surface area contributed by atoms with E-state index < -0.39 is 0 Å². The van der Waals surface area contributed by atoms with E-state index in [1.807, 2.05) is 0 Å². The Morgan fingerprint density at radius 2 is 0.815 bits per heavy atom. The lowest BCUT2D eigenvalue weighted by molar-refractivity contribution is 0.526. The summed E-state index contributed by atoms with van der Waals surface area (Å²) in [4.78, 5) is 0. The normalized spacial score (nSPS) is 21.3. The molecule has 0 nitrogen and oxygen atoms in total. The molecule has 2 aliphatic rings. The Morgan fingerprint density at radius 3 is 1.30 bits per heavy atom. The Bertz CT molecular complexity index is 566. The third-order valence-corrected chi connectivity index (χ3v) is 6.74. The lowest BCUT2D eigenvalue weighted by Gasteiger charge is -2.13. The van der Waals surface area contributed by atoms with Gasteiger partial charge in [-0.25, -0.2) is 0 Å². The molecule has 0 heterocycles. The van der Waals surface area contributed by atoms with E-state index in [0.717, 1.165) is 6.42 Å². The smallest absolute Gasteiger partial charge is 0.00881 e. The first-order chi connectivity index (χ1) is 13.4. The van der Waals surface area contributed by atoms with Gasteiger partial charge >= 0.3 is 0 Å². The molecule has 0 amide bonds. The summed E-state index contributed by atoms with van der Waals surface area (Å²) in [6, 6.07) is 5.08. The number of benzene rings is 1. The van der Waals surface area contributed by atoms with Crippen LogP contribution >= 0.6 is 0 Å². The van der Waals surface area contributed by atoms with E-state index in [9.17, 15) is 0 Å². The average Bonchev–Trinajstić information content (AvgIpc) is 3.13. The van der Waals surface area contributed by atoms with Crippen LogP contribution in [0.25, 0.3) is 6.08 Å². The van der Waals surface area contributed by atoms with Crippen molar-refractivity contribution in [3.63, 3.8) is 0 Å². The molecule has 0 saturated heterocycles. The molecule has 0 aliphatic heterocycles. The molecule has 2 aliphatic carbocycles. The Morgan fingerprint density at radius 1 is 0.407 bits per heavy atom. The number of allylic oxidation sites excluding steroid dienone is 1. The topological polar surface area (TPSA) is 0 Å². The fourth-order valence-electron chi connectivity index (χ4n) is 4.98. The molecule has 150 valence electrons. The van der Waals surface area contributed by atoms with E-state index in [2.05, 4.69) is 24.3 Å². The zero-order valence-corrected chi connectivity index (χ0v) is 17.7. The van der Waals surface area contributed by atoms with Gasteiger partial charge in [-0.15, -0.1) is 0 Å². The molecule has 0 radical (unpaired) electrons. The van der Waals surface area contributed by atoms with E-state index in [0.29, 0.717) is 0 Å². The third kappa shape index (κ3) is 7.47. The molecule has 0 fully saturated rings. The highest BCUT2D eigenvalue weighted by Gasteiger charge is 2.11. The van der Waals surface area contributed by atoms with Gasteiger partial charge in [0.05, 0.1) is 0 Å². The van der Waals surface area contributed by atoms with Crippen LogP contribution in [0.4, 0.5) is 0 Å². The molecule has 1 aromatic rings. The highest BCUT2D eigenvalue weighted by atomic mass is 14.2. The molecule has 1 aromatic carbocycles. The summed E-state index contributed by atoms with van der Waals surface area (Å²) in [6.45, 7) is 0. The number of hydrogen-bond donors (Lipinski definition) is 0. The second-order valence-electron chi connectivity index (χ2n) is 9.08. The number of rotatable bonds is 0. The Balaban J connectivity index is 1.53. The molecular weight excluding hydrogens is 324 g/mol. The van der Waals surface area contributed by atoms with E-state index >= 15 is 0 Å². The molecule has 0 atom stereocenters. The van der Waals surface area contributed by atoms with Gasteiger partial charge in [-0.3, -0.25) is 0 Å². The minimum absolute atomic E-state index is 1.16. The SMILES string of the molecule is C1=Cc2cc3c(cc2C1)CCCCCCCCCCCCCCCCCC3. The number of aryl methyl sites for hydroxylation is 2. The van der Waals surface area contributed by atoms with Gasteiger partial charge in [0.2, 0.25) is 0 Å². The van der Waals surface area contributed by atoms with Crippen LogP contribution in [-0.4, -0.2) is 0 Å². The lowest BCUT2D eigenvalue weighted by Crippen LogP contribution is -1.99. The zero-order valence-electron chi connectivity index (χ0n) is 17.7. The summed E-state index contributed by atoms with van der Waals surface area (Å²) >= 11 is 0. The number of fused-ring (bicyclic) bond motifs is 2. The van der Waals surface area contributed by atoms with Crippen molar-refractivity contribution in [2.24, 2.45) is 0 Å². The van der Waals surface area contributed by atoms with E-state index in [4.69, 9.17) is 0 Å². The van der Waals surface area contributed by atoms with Gasteiger partial charge in [0.25, 0.3) is 0 Å². The average molecular weight is 367 g/mol. The predicted octanol–water partition coefficient (Wildman–Crippen LogP) is 8.60. The van der Waals surface area contributed by atoms with Gasteiger partial charge < -0.3 is 0 Å². The van der Waals surface area contributed by atoms with Gasteiger partial charge in [-0.2, -0.15) is 0 Å². The van der Waals surface area contributed by atoms with Crippen LogP contribution in [0.2, 0.25) is 0 Å². The Labute approximate surface area is 168 Å². The van der Waals surface area contributed by atoms with Gasteiger partial charge in [-0.05, 0) is 54.4 Å². The lowest BCUT2D eigenvalue weighted by atomic mass is 9.92. The van der Waals surface area contributed by atoms with Crippen molar-refractivity contribution in [3.05, 3.63) is 40.5 Å². The molecule has 0 bridgehead atoms. The van der Waals surface area contributed by atoms with E-state index in [1.54, 1.807) is 16.7 Å². The van der Waals surface area contributed by atoms with Crippen LogP contribution in [0.5, 0.6) is 0 Å². The van der Waals surface area contributed by atoms with Crippen LogP contribution in [0.15, 0.2) is 18.2 Å².